The predicted molar refractivity (Wildman–Crippen MR) is 151 cm³/mol. The van der Waals surface area contributed by atoms with Gasteiger partial charge in [0.05, 0.1) is 52.8 Å². The van der Waals surface area contributed by atoms with E-state index in [-0.39, 0.29) is 33.4 Å². The number of cyclic esters (lactones) is 2. The van der Waals surface area contributed by atoms with E-state index in [0.29, 0.717) is 54.5 Å². The molecule has 0 atom stereocenters. The van der Waals surface area contributed by atoms with Crippen LogP contribution in [0.5, 0.6) is 5.75 Å². The van der Waals surface area contributed by atoms with Crippen molar-refractivity contribution in [2.24, 2.45) is 0 Å². The number of amides is 2. The van der Waals surface area contributed by atoms with E-state index < -0.39 is 23.8 Å². The first kappa shape index (κ1) is 23.6. The summed E-state index contributed by atoms with van der Waals surface area (Å²) in [5.41, 5.74) is 1.34. The highest BCUT2D eigenvalue weighted by Gasteiger charge is 2.37. The number of rotatable bonds is 2. The number of esters is 2. The molecule has 0 bridgehead atoms. The Labute approximate surface area is 235 Å². The summed E-state index contributed by atoms with van der Waals surface area (Å²) in [7, 11) is 1.51. The Morgan fingerprint density at radius 1 is 0.619 bits per heavy atom. The fraction of sp³-hybridized carbons (Fsp3) is 0.0303. The molecule has 2 aliphatic rings. The molecule has 0 unspecified atom stereocenters. The molecule has 42 heavy (non-hydrogen) atoms. The van der Waals surface area contributed by atoms with E-state index in [2.05, 4.69) is 12.1 Å². The van der Waals surface area contributed by atoms with Crippen LogP contribution in [-0.4, -0.2) is 30.9 Å². The van der Waals surface area contributed by atoms with Gasteiger partial charge in [-0.1, -0.05) is 12.1 Å². The Bertz CT molecular complexity index is 2410. The van der Waals surface area contributed by atoms with Gasteiger partial charge < -0.3 is 9.47 Å². The molecule has 2 aliphatic heterocycles. The number of carbonyl (C=O) groups is 4. The Morgan fingerprint density at radius 3 is 1.74 bits per heavy atom. The number of hydrogen-bond donors (Lipinski definition) is 0. The second-order valence-corrected chi connectivity index (χ2v) is 10.1. The molecule has 0 radical (unpaired) electrons. The van der Waals surface area contributed by atoms with E-state index in [1.54, 1.807) is 42.5 Å². The second-order valence-electron chi connectivity index (χ2n) is 10.1. The molecule has 0 N–H and O–H groups in total. The van der Waals surface area contributed by atoms with Crippen LogP contribution >= 0.6 is 0 Å². The van der Waals surface area contributed by atoms with Crippen molar-refractivity contribution in [2.75, 3.05) is 12.0 Å². The Morgan fingerprint density at radius 2 is 1.14 bits per heavy atom. The van der Waals surface area contributed by atoms with Gasteiger partial charge in [0, 0.05) is 37.9 Å². The molecule has 0 saturated heterocycles. The largest absolute Gasteiger partial charge is 0.497 e. The molecule has 6 aromatic rings. The Hall–Kier alpha value is -6.32. The molecular weight excluding hydrogens is 534 g/mol. The van der Waals surface area contributed by atoms with Crippen LogP contribution < -0.4 is 9.64 Å². The summed E-state index contributed by atoms with van der Waals surface area (Å²) in [6.45, 7) is 0. The van der Waals surface area contributed by atoms with Crippen LogP contribution in [0.4, 0.5) is 5.69 Å². The summed E-state index contributed by atoms with van der Waals surface area (Å²) in [6.07, 6.45) is 0. The van der Waals surface area contributed by atoms with Crippen LogP contribution in [0, 0.1) is 22.7 Å². The number of fused-ring (bicyclic) bond motifs is 2. The topological polar surface area (TPSA) is 138 Å². The quantitative estimate of drug-likeness (QED) is 0.0898. The zero-order valence-electron chi connectivity index (χ0n) is 21.6. The summed E-state index contributed by atoms with van der Waals surface area (Å²) in [6, 6.07) is 20.2. The third-order valence-electron chi connectivity index (χ3n) is 8.17. The van der Waals surface area contributed by atoms with Crippen LogP contribution in [0.2, 0.25) is 0 Å². The van der Waals surface area contributed by atoms with Gasteiger partial charge in [-0.15, -0.1) is 0 Å². The molecule has 9 heteroatoms. The minimum atomic E-state index is -0.862. The molecule has 8 rings (SSSR count). The smallest absolute Gasteiger partial charge is 0.346 e. The molecule has 0 saturated carbocycles. The second kappa shape index (κ2) is 7.87. The van der Waals surface area contributed by atoms with E-state index in [4.69, 9.17) is 9.47 Å². The van der Waals surface area contributed by atoms with Crippen molar-refractivity contribution >= 4 is 72.5 Å². The van der Waals surface area contributed by atoms with Gasteiger partial charge in [0.2, 0.25) is 0 Å². The van der Waals surface area contributed by atoms with Crippen molar-refractivity contribution in [3.63, 3.8) is 0 Å². The molecule has 2 amide bonds. The van der Waals surface area contributed by atoms with Crippen molar-refractivity contribution in [1.29, 1.82) is 10.5 Å². The average Bonchev–Trinajstić information content (AvgIpc) is 3.01. The number of imide groups is 1. The van der Waals surface area contributed by atoms with Gasteiger partial charge in [0.1, 0.15) is 5.75 Å². The average molecular weight is 547 g/mol. The van der Waals surface area contributed by atoms with Gasteiger partial charge in [0.25, 0.3) is 11.8 Å². The highest BCUT2D eigenvalue weighted by atomic mass is 16.6. The van der Waals surface area contributed by atoms with Gasteiger partial charge in [-0.3, -0.25) is 9.59 Å². The fourth-order valence-electron chi connectivity index (χ4n) is 6.45. The number of benzene rings is 6. The van der Waals surface area contributed by atoms with E-state index in [1.165, 1.54) is 25.3 Å². The SMILES string of the molecule is COc1ccc(N2C(=O)c3ccc4c5c(C#N)cc6c7c(ccc(c8c(C#N)cc(c3c48)C2=O)c75)C(=O)OC6=O)cc1. The van der Waals surface area contributed by atoms with Crippen LogP contribution in [0.3, 0.4) is 0 Å². The molecule has 0 spiro atoms. The maximum atomic E-state index is 14.0. The number of nitrogens with zero attached hydrogens (tertiary/aromatic N) is 3. The van der Waals surface area contributed by atoms with Gasteiger partial charge in [-0.25, -0.2) is 14.5 Å². The summed E-state index contributed by atoms with van der Waals surface area (Å²) in [5, 5.41) is 24.1. The third-order valence-corrected chi connectivity index (χ3v) is 8.17. The molecule has 9 nitrogen and oxygen atoms in total. The van der Waals surface area contributed by atoms with Crippen LogP contribution in [0.25, 0.3) is 43.1 Å². The molecule has 0 aliphatic carbocycles. The molecule has 0 aromatic heterocycles. The zero-order chi connectivity index (χ0) is 29.0. The molecule has 2 heterocycles. The minimum absolute atomic E-state index is 0.0785. The highest BCUT2D eigenvalue weighted by molar-refractivity contribution is 6.44. The summed E-state index contributed by atoms with van der Waals surface area (Å²) >= 11 is 0. The molecular formula is C33H13N3O6. The van der Waals surface area contributed by atoms with Gasteiger partial charge in [-0.2, -0.15) is 10.5 Å². The number of anilines is 1. The van der Waals surface area contributed by atoms with Gasteiger partial charge in [0.15, 0.2) is 0 Å². The maximum absolute atomic E-state index is 14.0. The first-order valence-electron chi connectivity index (χ1n) is 12.8. The lowest BCUT2D eigenvalue weighted by Crippen LogP contribution is -2.40. The summed E-state index contributed by atoms with van der Waals surface area (Å²) in [4.78, 5) is 54.3. The number of methoxy groups -OCH3 is 1. The lowest BCUT2D eigenvalue weighted by Gasteiger charge is -2.29. The standard InChI is InChI=1S/C33H13N3O6/c1-41-17-4-2-16(3-5-17)36-30(37)20-8-6-18-25-15(13-35)11-23-27-21(32(39)42-33(23)40)9-7-19(29(25)27)24-14(12-34)10-22(31(36)38)26(20)28(18)24/h2-11H,1H3. The third kappa shape index (κ3) is 2.69. The van der Waals surface area contributed by atoms with Crippen molar-refractivity contribution in [3.05, 3.63) is 94.0 Å². The van der Waals surface area contributed by atoms with E-state index in [9.17, 15) is 29.7 Å². The van der Waals surface area contributed by atoms with Crippen molar-refractivity contribution < 1.29 is 28.7 Å². The van der Waals surface area contributed by atoms with Crippen LogP contribution in [0.1, 0.15) is 52.6 Å². The Kier molecular flexibility index (Phi) is 4.42. The lowest BCUT2D eigenvalue weighted by atomic mass is 9.80. The van der Waals surface area contributed by atoms with Crippen molar-refractivity contribution in [3.8, 4) is 17.9 Å². The maximum Gasteiger partial charge on any atom is 0.346 e. The van der Waals surface area contributed by atoms with Crippen LogP contribution in [-0.2, 0) is 4.74 Å². The normalized spacial score (nSPS) is 14.1. The fourth-order valence-corrected chi connectivity index (χ4v) is 6.45. The predicted octanol–water partition coefficient (Wildman–Crippen LogP) is 5.60. The van der Waals surface area contributed by atoms with Gasteiger partial charge >= 0.3 is 11.9 Å². The number of hydrogen-bond acceptors (Lipinski definition) is 8. The molecule has 0 fully saturated rings. The summed E-state index contributed by atoms with van der Waals surface area (Å²) < 4.78 is 10.1. The van der Waals surface area contributed by atoms with E-state index in [1.807, 2.05) is 0 Å². The van der Waals surface area contributed by atoms with Gasteiger partial charge in [-0.05, 0) is 59.3 Å². The zero-order valence-corrected chi connectivity index (χ0v) is 21.6. The van der Waals surface area contributed by atoms with E-state index in [0.717, 1.165) is 4.90 Å². The van der Waals surface area contributed by atoms with Crippen molar-refractivity contribution in [1.82, 2.24) is 0 Å². The minimum Gasteiger partial charge on any atom is -0.497 e. The van der Waals surface area contributed by atoms with Crippen molar-refractivity contribution in [2.45, 2.75) is 0 Å². The monoisotopic (exact) mass is 547 g/mol. The highest BCUT2D eigenvalue weighted by Crippen LogP contribution is 2.48. The first-order valence-corrected chi connectivity index (χ1v) is 12.8. The Balaban J connectivity index is 1.56. The molecule has 6 aromatic carbocycles. The summed E-state index contributed by atoms with van der Waals surface area (Å²) in [5.74, 6) is -2.24. The number of ether oxygens (including phenoxy) is 2. The first-order chi connectivity index (χ1) is 20.4. The van der Waals surface area contributed by atoms with Crippen LogP contribution in [0.15, 0.2) is 60.7 Å². The number of carbonyl (C=O) groups excluding carboxylic acids is 4. The van der Waals surface area contributed by atoms with E-state index >= 15 is 0 Å². The number of nitriles is 2. The lowest BCUT2D eigenvalue weighted by molar-refractivity contribution is 0.0390. The molecule has 196 valence electrons.